The van der Waals surface area contributed by atoms with Crippen LogP contribution in [0.1, 0.15) is 45.8 Å². The summed E-state index contributed by atoms with van der Waals surface area (Å²) in [4.78, 5) is 28.6. The molecule has 0 aliphatic heterocycles. The summed E-state index contributed by atoms with van der Waals surface area (Å²) in [5.41, 5.74) is 8.01. The van der Waals surface area contributed by atoms with Gasteiger partial charge in [0.25, 0.3) is 5.91 Å². The third-order valence-corrected chi connectivity index (χ3v) is 4.68. The van der Waals surface area contributed by atoms with Crippen LogP contribution >= 0.6 is 0 Å². The molecule has 0 atom stereocenters. The van der Waals surface area contributed by atoms with Crippen LogP contribution in [0.3, 0.4) is 0 Å². The minimum Gasteiger partial charge on any atom is -0.444 e. The van der Waals surface area contributed by atoms with Gasteiger partial charge >= 0.3 is 0 Å². The first-order valence-corrected chi connectivity index (χ1v) is 8.98. The Morgan fingerprint density at radius 1 is 1.14 bits per heavy atom. The van der Waals surface area contributed by atoms with Crippen molar-refractivity contribution in [3.63, 3.8) is 0 Å². The van der Waals surface area contributed by atoms with E-state index in [0.29, 0.717) is 23.6 Å². The van der Waals surface area contributed by atoms with Crippen LogP contribution in [0.25, 0.3) is 11.5 Å². The lowest BCUT2D eigenvalue weighted by Crippen LogP contribution is -2.37. The molecule has 0 spiro atoms. The molecule has 1 aromatic heterocycles. The van der Waals surface area contributed by atoms with Gasteiger partial charge < -0.3 is 15.5 Å². The Labute approximate surface area is 163 Å². The van der Waals surface area contributed by atoms with Crippen molar-refractivity contribution in [2.75, 3.05) is 6.54 Å². The van der Waals surface area contributed by atoms with Gasteiger partial charge in [-0.1, -0.05) is 38.1 Å². The number of oxazole rings is 1. The third kappa shape index (κ3) is 4.11. The summed E-state index contributed by atoms with van der Waals surface area (Å²) in [5, 5.41) is 2.92. The van der Waals surface area contributed by atoms with E-state index in [9.17, 15) is 9.59 Å². The summed E-state index contributed by atoms with van der Waals surface area (Å²) in [6.07, 6.45) is 1.62. The van der Waals surface area contributed by atoms with Crippen LogP contribution < -0.4 is 11.1 Å². The van der Waals surface area contributed by atoms with Crippen molar-refractivity contribution in [1.82, 2.24) is 10.3 Å². The highest BCUT2D eigenvalue weighted by atomic mass is 16.3. The van der Waals surface area contributed by atoms with Crippen LogP contribution in [0.5, 0.6) is 0 Å². The fraction of sp³-hybridized carbons (Fsp3) is 0.227. The average molecular weight is 377 g/mol. The molecule has 144 valence electrons. The van der Waals surface area contributed by atoms with Crippen LogP contribution in [0.15, 0.2) is 59.2 Å². The maximum atomic E-state index is 12.6. The van der Waals surface area contributed by atoms with E-state index in [4.69, 9.17) is 10.2 Å². The number of nitrogens with zero attached hydrogens (tertiary/aromatic N) is 1. The topological polar surface area (TPSA) is 98.2 Å². The first-order valence-electron chi connectivity index (χ1n) is 8.98. The number of benzene rings is 2. The molecule has 0 aliphatic rings. The van der Waals surface area contributed by atoms with E-state index >= 15 is 0 Å². The number of hydrogen-bond acceptors (Lipinski definition) is 4. The second-order valence-corrected chi connectivity index (χ2v) is 7.36. The number of amides is 2. The molecule has 0 saturated heterocycles. The summed E-state index contributed by atoms with van der Waals surface area (Å²) in [6.45, 7) is 6.13. The zero-order valence-corrected chi connectivity index (χ0v) is 16.2. The Hall–Kier alpha value is -3.41. The van der Waals surface area contributed by atoms with Crippen molar-refractivity contribution in [2.45, 2.75) is 26.2 Å². The number of carbonyl (C=O) groups is 2. The van der Waals surface area contributed by atoms with Gasteiger partial charge in [0.1, 0.15) is 6.26 Å². The SMILES string of the molecule is Cc1ccc(C(N)=O)cc1C(=O)NCC(C)(C)c1coc(-c2ccccc2)n1. The number of nitrogens with one attached hydrogen (secondary N) is 1. The summed E-state index contributed by atoms with van der Waals surface area (Å²) in [7, 11) is 0. The maximum absolute atomic E-state index is 12.6. The lowest BCUT2D eigenvalue weighted by atomic mass is 9.89. The monoisotopic (exact) mass is 377 g/mol. The smallest absolute Gasteiger partial charge is 0.251 e. The van der Waals surface area contributed by atoms with Crippen molar-refractivity contribution >= 4 is 11.8 Å². The zero-order chi connectivity index (χ0) is 20.3. The molecule has 2 amide bonds. The summed E-state index contributed by atoms with van der Waals surface area (Å²) >= 11 is 0. The molecule has 6 nitrogen and oxygen atoms in total. The molecular formula is C22H23N3O3. The van der Waals surface area contributed by atoms with Crippen LogP contribution in [-0.2, 0) is 5.41 Å². The zero-order valence-electron chi connectivity index (χ0n) is 16.2. The highest BCUT2D eigenvalue weighted by Crippen LogP contribution is 2.26. The molecule has 3 aromatic rings. The van der Waals surface area contributed by atoms with Gasteiger partial charge in [-0.25, -0.2) is 4.98 Å². The van der Waals surface area contributed by atoms with E-state index in [1.165, 1.54) is 6.07 Å². The first-order chi connectivity index (χ1) is 13.3. The van der Waals surface area contributed by atoms with E-state index in [0.717, 1.165) is 16.8 Å². The number of carbonyl (C=O) groups excluding carboxylic acids is 2. The van der Waals surface area contributed by atoms with Crippen molar-refractivity contribution in [3.8, 4) is 11.5 Å². The quantitative estimate of drug-likeness (QED) is 0.687. The summed E-state index contributed by atoms with van der Waals surface area (Å²) in [5.74, 6) is -0.286. The molecule has 6 heteroatoms. The Morgan fingerprint density at radius 3 is 2.54 bits per heavy atom. The fourth-order valence-corrected chi connectivity index (χ4v) is 2.80. The average Bonchev–Trinajstić information content (AvgIpc) is 3.18. The Balaban J connectivity index is 1.73. The van der Waals surface area contributed by atoms with Crippen molar-refractivity contribution in [2.24, 2.45) is 5.73 Å². The van der Waals surface area contributed by atoms with Gasteiger partial charge in [0.05, 0.1) is 5.69 Å². The number of nitrogens with two attached hydrogens (primary N) is 1. The molecular weight excluding hydrogens is 354 g/mol. The Morgan fingerprint density at radius 2 is 1.86 bits per heavy atom. The highest BCUT2D eigenvalue weighted by Gasteiger charge is 2.26. The van der Waals surface area contributed by atoms with E-state index < -0.39 is 11.3 Å². The Kier molecular flexibility index (Phi) is 5.31. The number of rotatable bonds is 6. The third-order valence-electron chi connectivity index (χ3n) is 4.68. The van der Waals surface area contributed by atoms with Gasteiger partial charge in [0.2, 0.25) is 11.8 Å². The van der Waals surface area contributed by atoms with Gasteiger partial charge in [-0.15, -0.1) is 0 Å². The second-order valence-electron chi connectivity index (χ2n) is 7.36. The molecule has 0 saturated carbocycles. The number of hydrogen-bond donors (Lipinski definition) is 2. The van der Waals surface area contributed by atoms with E-state index in [2.05, 4.69) is 10.3 Å². The molecule has 28 heavy (non-hydrogen) atoms. The predicted molar refractivity (Wildman–Crippen MR) is 107 cm³/mol. The van der Waals surface area contributed by atoms with E-state index in [-0.39, 0.29) is 5.91 Å². The number of aromatic nitrogens is 1. The Bertz CT molecular complexity index is 1010. The van der Waals surface area contributed by atoms with Gasteiger partial charge in [0, 0.05) is 28.7 Å². The summed E-state index contributed by atoms with van der Waals surface area (Å²) < 4.78 is 5.61. The molecule has 1 heterocycles. The van der Waals surface area contributed by atoms with Crippen molar-refractivity contribution < 1.29 is 14.0 Å². The van der Waals surface area contributed by atoms with Crippen LogP contribution in [-0.4, -0.2) is 23.3 Å². The van der Waals surface area contributed by atoms with Crippen LogP contribution in [0, 0.1) is 6.92 Å². The maximum Gasteiger partial charge on any atom is 0.251 e. The van der Waals surface area contributed by atoms with Gasteiger partial charge in [-0.3, -0.25) is 9.59 Å². The van der Waals surface area contributed by atoms with Gasteiger partial charge in [-0.2, -0.15) is 0 Å². The van der Waals surface area contributed by atoms with Crippen LogP contribution in [0.4, 0.5) is 0 Å². The summed E-state index contributed by atoms with van der Waals surface area (Å²) in [6, 6.07) is 14.5. The lowest BCUT2D eigenvalue weighted by molar-refractivity contribution is 0.0944. The minimum absolute atomic E-state index is 0.263. The van der Waals surface area contributed by atoms with E-state index in [1.807, 2.05) is 51.1 Å². The predicted octanol–water partition coefficient (Wildman–Crippen LogP) is 3.46. The lowest BCUT2D eigenvalue weighted by Gasteiger charge is -2.22. The molecule has 0 fully saturated rings. The van der Waals surface area contributed by atoms with Crippen molar-refractivity contribution in [1.29, 1.82) is 0 Å². The van der Waals surface area contributed by atoms with Gasteiger partial charge in [0.15, 0.2) is 0 Å². The molecule has 0 bridgehead atoms. The van der Waals surface area contributed by atoms with Crippen molar-refractivity contribution in [3.05, 3.63) is 77.2 Å². The minimum atomic E-state index is -0.564. The number of primary amides is 1. The molecule has 0 unspecified atom stereocenters. The molecule has 3 rings (SSSR count). The first kappa shape index (κ1) is 19.4. The largest absolute Gasteiger partial charge is 0.444 e. The standard InChI is InChI=1S/C22H23N3O3/c1-14-9-10-16(19(23)26)11-17(14)20(27)24-13-22(2,3)18-12-28-21(25-18)15-7-5-4-6-8-15/h4-12H,13H2,1-3H3,(H2,23,26)(H,24,27). The molecule has 0 radical (unpaired) electrons. The number of aryl methyl sites for hydroxylation is 1. The molecule has 2 aromatic carbocycles. The van der Waals surface area contributed by atoms with E-state index in [1.54, 1.807) is 18.4 Å². The molecule has 3 N–H and O–H groups in total. The van der Waals surface area contributed by atoms with Gasteiger partial charge in [-0.05, 0) is 36.8 Å². The normalized spacial score (nSPS) is 11.2. The second kappa shape index (κ2) is 7.68. The van der Waals surface area contributed by atoms with Crippen LogP contribution in [0.2, 0.25) is 0 Å². The molecule has 0 aliphatic carbocycles. The fourth-order valence-electron chi connectivity index (χ4n) is 2.80. The highest BCUT2D eigenvalue weighted by molar-refractivity contribution is 6.00.